The van der Waals surface area contributed by atoms with Crippen LogP contribution in [0.1, 0.15) is 5.56 Å². The van der Waals surface area contributed by atoms with E-state index >= 15 is 0 Å². The zero-order valence-electron chi connectivity index (χ0n) is 5.71. The molecule has 0 saturated carbocycles. The smallest absolute Gasteiger partial charge is 0.243 e. The van der Waals surface area contributed by atoms with Crippen LogP contribution in [-0.2, 0) is 6.54 Å². The molecule has 0 radical (unpaired) electrons. The lowest BCUT2D eigenvalue weighted by Crippen LogP contribution is -1.79. The summed E-state index contributed by atoms with van der Waals surface area (Å²) in [5, 5.41) is 9.68. The van der Waals surface area contributed by atoms with Crippen molar-refractivity contribution in [2.45, 2.75) is 6.54 Å². The van der Waals surface area contributed by atoms with Gasteiger partial charge < -0.3 is 9.95 Å². The SMILES string of the molecule is [C-]#[N+]Cc1ccc(Cl)cc1O. The van der Waals surface area contributed by atoms with Crippen molar-refractivity contribution in [1.29, 1.82) is 0 Å². The quantitative estimate of drug-likeness (QED) is 0.639. The molecule has 0 spiro atoms. The van der Waals surface area contributed by atoms with E-state index in [1.165, 1.54) is 6.07 Å². The molecule has 2 nitrogen and oxygen atoms in total. The van der Waals surface area contributed by atoms with Gasteiger partial charge in [-0.1, -0.05) is 11.6 Å². The molecule has 56 valence electrons. The third-order valence-corrected chi connectivity index (χ3v) is 1.53. The molecule has 0 unspecified atom stereocenters. The molecule has 0 aliphatic carbocycles. The minimum absolute atomic E-state index is 0.0912. The van der Waals surface area contributed by atoms with E-state index in [-0.39, 0.29) is 12.3 Å². The van der Waals surface area contributed by atoms with Crippen molar-refractivity contribution >= 4 is 11.6 Å². The van der Waals surface area contributed by atoms with E-state index in [2.05, 4.69) is 4.85 Å². The zero-order chi connectivity index (χ0) is 8.27. The van der Waals surface area contributed by atoms with Crippen LogP contribution in [0.4, 0.5) is 0 Å². The van der Waals surface area contributed by atoms with Crippen molar-refractivity contribution in [3.63, 3.8) is 0 Å². The van der Waals surface area contributed by atoms with Crippen LogP contribution in [0.5, 0.6) is 5.75 Å². The van der Waals surface area contributed by atoms with E-state index in [1.807, 2.05) is 0 Å². The molecule has 0 aliphatic rings. The minimum atomic E-state index is 0.0912. The van der Waals surface area contributed by atoms with Crippen LogP contribution >= 0.6 is 11.6 Å². The van der Waals surface area contributed by atoms with Gasteiger partial charge in [0.15, 0.2) is 0 Å². The molecular weight excluding hydrogens is 162 g/mol. The number of phenols is 1. The van der Waals surface area contributed by atoms with E-state index in [0.717, 1.165) is 0 Å². The van der Waals surface area contributed by atoms with Crippen molar-refractivity contribution in [2.75, 3.05) is 0 Å². The van der Waals surface area contributed by atoms with Crippen molar-refractivity contribution in [3.8, 4) is 5.75 Å². The normalized spacial score (nSPS) is 9.09. The number of halogens is 1. The first-order valence-electron chi connectivity index (χ1n) is 3.04. The van der Waals surface area contributed by atoms with Gasteiger partial charge in [-0.25, -0.2) is 6.57 Å². The molecule has 1 aromatic rings. The Labute approximate surface area is 69.9 Å². The summed E-state index contributed by atoms with van der Waals surface area (Å²) in [7, 11) is 0. The summed E-state index contributed by atoms with van der Waals surface area (Å²) in [6.07, 6.45) is 0. The Morgan fingerprint density at radius 1 is 1.55 bits per heavy atom. The molecule has 1 aromatic carbocycles. The molecule has 0 aliphatic heterocycles. The lowest BCUT2D eigenvalue weighted by atomic mass is 10.2. The molecular formula is C8H6ClNO. The predicted molar refractivity (Wildman–Crippen MR) is 43.4 cm³/mol. The molecule has 3 heteroatoms. The fraction of sp³-hybridized carbons (Fsp3) is 0.125. The molecule has 0 aromatic heterocycles. The second kappa shape index (κ2) is 3.27. The van der Waals surface area contributed by atoms with Crippen molar-refractivity contribution in [1.82, 2.24) is 0 Å². The van der Waals surface area contributed by atoms with Crippen LogP contribution < -0.4 is 0 Å². The maximum absolute atomic E-state index is 9.19. The Balaban J connectivity index is 3.01. The van der Waals surface area contributed by atoms with Crippen molar-refractivity contribution in [2.24, 2.45) is 0 Å². The van der Waals surface area contributed by atoms with Crippen LogP contribution in [0.2, 0.25) is 5.02 Å². The first-order chi connectivity index (χ1) is 5.24. The monoisotopic (exact) mass is 167 g/mol. The average molecular weight is 168 g/mol. The highest BCUT2D eigenvalue weighted by Gasteiger charge is 2.02. The fourth-order valence-electron chi connectivity index (χ4n) is 0.756. The van der Waals surface area contributed by atoms with E-state index < -0.39 is 0 Å². The van der Waals surface area contributed by atoms with Gasteiger partial charge in [0.25, 0.3) is 0 Å². The largest absolute Gasteiger partial charge is 0.507 e. The van der Waals surface area contributed by atoms with Gasteiger partial charge in [0, 0.05) is 5.02 Å². The maximum Gasteiger partial charge on any atom is 0.243 e. The van der Waals surface area contributed by atoms with Gasteiger partial charge in [0.1, 0.15) is 5.75 Å². The molecule has 1 N–H and O–H groups in total. The minimum Gasteiger partial charge on any atom is -0.507 e. The van der Waals surface area contributed by atoms with E-state index in [4.69, 9.17) is 18.2 Å². The van der Waals surface area contributed by atoms with E-state index in [9.17, 15) is 5.11 Å². The number of hydrogen-bond donors (Lipinski definition) is 1. The number of aromatic hydroxyl groups is 1. The topological polar surface area (TPSA) is 24.6 Å². The van der Waals surface area contributed by atoms with E-state index in [1.54, 1.807) is 12.1 Å². The zero-order valence-corrected chi connectivity index (χ0v) is 6.47. The third-order valence-electron chi connectivity index (χ3n) is 1.30. The summed E-state index contributed by atoms with van der Waals surface area (Å²) in [6.45, 7) is 6.77. The van der Waals surface area contributed by atoms with Crippen LogP contribution in [-0.4, -0.2) is 5.11 Å². The van der Waals surface area contributed by atoms with Crippen LogP contribution in [0, 0.1) is 6.57 Å². The Morgan fingerprint density at radius 3 is 2.82 bits per heavy atom. The molecule has 1 rings (SSSR count). The Bertz CT molecular complexity index is 303. The second-order valence-electron chi connectivity index (χ2n) is 2.09. The highest BCUT2D eigenvalue weighted by molar-refractivity contribution is 6.30. The second-order valence-corrected chi connectivity index (χ2v) is 2.53. The lowest BCUT2D eigenvalue weighted by Gasteiger charge is -1.96. The predicted octanol–water partition coefficient (Wildman–Crippen LogP) is 2.46. The van der Waals surface area contributed by atoms with Gasteiger partial charge in [-0.3, -0.25) is 0 Å². The number of phenolic OH excluding ortho intramolecular Hbond substituents is 1. The molecule has 0 amide bonds. The number of nitrogens with zero attached hydrogens (tertiary/aromatic N) is 1. The maximum atomic E-state index is 9.19. The highest BCUT2D eigenvalue weighted by Crippen LogP contribution is 2.22. The summed E-state index contributed by atoms with van der Waals surface area (Å²) in [4.78, 5) is 3.14. The number of hydrogen-bond acceptors (Lipinski definition) is 1. The Kier molecular flexibility index (Phi) is 2.35. The highest BCUT2D eigenvalue weighted by atomic mass is 35.5. The van der Waals surface area contributed by atoms with Gasteiger partial charge in [0.2, 0.25) is 6.54 Å². The molecule has 0 saturated heterocycles. The molecule has 0 heterocycles. The molecule has 0 fully saturated rings. The van der Waals surface area contributed by atoms with E-state index in [0.29, 0.717) is 10.6 Å². The van der Waals surface area contributed by atoms with Crippen LogP contribution in [0.3, 0.4) is 0 Å². The first-order valence-corrected chi connectivity index (χ1v) is 3.42. The summed E-state index contributed by atoms with van der Waals surface area (Å²) in [6, 6.07) is 4.74. The van der Waals surface area contributed by atoms with Gasteiger partial charge >= 0.3 is 0 Å². The summed E-state index contributed by atoms with van der Waals surface area (Å²) < 4.78 is 0. The molecule has 0 atom stereocenters. The van der Waals surface area contributed by atoms with Gasteiger partial charge in [-0.2, -0.15) is 0 Å². The van der Waals surface area contributed by atoms with Crippen LogP contribution in [0.15, 0.2) is 18.2 Å². The van der Waals surface area contributed by atoms with Crippen LogP contribution in [0.25, 0.3) is 4.85 Å². The average Bonchev–Trinajstić information content (AvgIpc) is 1.95. The fourth-order valence-corrected chi connectivity index (χ4v) is 0.922. The van der Waals surface area contributed by atoms with Crippen molar-refractivity contribution in [3.05, 3.63) is 40.2 Å². The standard InChI is InChI=1S/C8H6ClNO/c1-10-5-6-2-3-7(9)4-8(6)11/h2-4,11H,5H2. The first kappa shape index (κ1) is 7.90. The molecule has 11 heavy (non-hydrogen) atoms. The summed E-state index contributed by atoms with van der Waals surface area (Å²) >= 11 is 5.58. The van der Waals surface area contributed by atoms with Crippen molar-refractivity contribution < 1.29 is 5.11 Å². The Morgan fingerprint density at radius 2 is 2.27 bits per heavy atom. The number of rotatable bonds is 1. The van der Waals surface area contributed by atoms with Gasteiger partial charge in [-0.05, 0) is 18.2 Å². The summed E-state index contributed by atoms with van der Waals surface area (Å²) in [5.41, 5.74) is 0.615. The Hall–Kier alpha value is -1.20. The summed E-state index contributed by atoms with van der Waals surface area (Å²) in [5.74, 6) is 0.0912. The lowest BCUT2D eigenvalue weighted by molar-refractivity contribution is 0.469. The molecule has 0 bridgehead atoms. The van der Waals surface area contributed by atoms with Gasteiger partial charge in [0.05, 0.1) is 5.56 Å². The number of benzene rings is 1. The van der Waals surface area contributed by atoms with Gasteiger partial charge in [-0.15, -0.1) is 0 Å². The third kappa shape index (κ3) is 1.86.